The lowest BCUT2D eigenvalue weighted by atomic mass is 9.83. The molecule has 5 nitrogen and oxygen atoms in total. The molecule has 0 saturated heterocycles. The van der Waals surface area contributed by atoms with Crippen molar-refractivity contribution in [2.24, 2.45) is 5.92 Å². The summed E-state index contributed by atoms with van der Waals surface area (Å²) in [6, 6.07) is 2.58. The van der Waals surface area contributed by atoms with E-state index in [0.29, 0.717) is 11.8 Å². The molecule has 1 unspecified atom stereocenters. The van der Waals surface area contributed by atoms with E-state index in [2.05, 4.69) is 33.4 Å². The minimum Gasteiger partial charge on any atom is -0.367 e. The quantitative estimate of drug-likeness (QED) is 0.929. The Morgan fingerprint density at radius 1 is 1.35 bits per heavy atom. The van der Waals surface area contributed by atoms with E-state index in [1.807, 2.05) is 6.92 Å². The molecule has 108 valence electrons. The molecule has 2 heterocycles. The van der Waals surface area contributed by atoms with Crippen molar-refractivity contribution in [2.75, 3.05) is 5.32 Å². The highest BCUT2D eigenvalue weighted by atomic mass is 15.4. The molecule has 1 aliphatic carbocycles. The summed E-state index contributed by atoms with van der Waals surface area (Å²) in [5, 5.41) is 7.96. The Hall–Kier alpha value is -1.65. The molecular formula is C15H23N5. The van der Waals surface area contributed by atoms with E-state index >= 15 is 0 Å². The van der Waals surface area contributed by atoms with Gasteiger partial charge >= 0.3 is 0 Å². The molecule has 0 spiro atoms. The fraction of sp³-hybridized carbons (Fsp3) is 0.667. The monoisotopic (exact) mass is 273 g/mol. The fourth-order valence-electron chi connectivity index (χ4n) is 3.31. The van der Waals surface area contributed by atoms with Gasteiger partial charge < -0.3 is 5.32 Å². The highest BCUT2D eigenvalue weighted by Gasteiger charge is 2.23. The number of rotatable bonds is 4. The van der Waals surface area contributed by atoms with Crippen LogP contribution in [0.15, 0.2) is 12.4 Å². The van der Waals surface area contributed by atoms with E-state index in [1.165, 1.54) is 32.1 Å². The number of hydrogen-bond acceptors (Lipinski definition) is 4. The third-order valence-corrected chi connectivity index (χ3v) is 4.37. The van der Waals surface area contributed by atoms with E-state index in [0.717, 1.165) is 23.9 Å². The van der Waals surface area contributed by atoms with Gasteiger partial charge in [0.25, 0.3) is 5.78 Å². The van der Waals surface area contributed by atoms with Gasteiger partial charge in [-0.2, -0.15) is 14.6 Å². The van der Waals surface area contributed by atoms with Crippen LogP contribution in [0.5, 0.6) is 0 Å². The summed E-state index contributed by atoms with van der Waals surface area (Å²) in [4.78, 5) is 8.58. The van der Waals surface area contributed by atoms with Crippen molar-refractivity contribution in [3.05, 3.63) is 18.1 Å². The lowest BCUT2D eigenvalue weighted by Crippen LogP contribution is -2.31. The normalized spacial score (nSPS) is 18.3. The standard InChI is InChI=1S/C15H23N5/c1-3-13(12-7-5-4-6-8-12)19-14-9-11(2)18-15-16-10-17-20(14)15/h9-10,12-13,19H,3-8H2,1-2H3. The number of aromatic nitrogens is 4. The first-order valence-electron chi connectivity index (χ1n) is 7.72. The molecule has 2 aromatic rings. The topological polar surface area (TPSA) is 55.1 Å². The molecule has 1 saturated carbocycles. The predicted molar refractivity (Wildman–Crippen MR) is 79.8 cm³/mol. The third-order valence-electron chi connectivity index (χ3n) is 4.37. The highest BCUT2D eigenvalue weighted by molar-refractivity contribution is 5.45. The van der Waals surface area contributed by atoms with Crippen LogP contribution in [0.25, 0.3) is 5.78 Å². The summed E-state index contributed by atoms with van der Waals surface area (Å²) in [6.07, 6.45) is 9.53. The smallest absolute Gasteiger partial charge is 0.254 e. The molecule has 20 heavy (non-hydrogen) atoms. The van der Waals surface area contributed by atoms with Gasteiger partial charge in [-0.1, -0.05) is 26.2 Å². The van der Waals surface area contributed by atoms with Crippen LogP contribution >= 0.6 is 0 Å². The van der Waals surface area contributed by atoms with Gasteiger partial charge in [0.15, 0.2) is 0 Å². The predicted octanol–water partition coefficient (Wildman–Crippen LogP) is 3.20. The van der Waals surface area contributed by atoms with Crippen LogP contribution in [0.2, 0.25) is 0 Å². The van der Waals surface area contributed by atoms with E-state index in [-0.39, 0.29) is 0 Å². The van der Waals surface area contributed by atoms with Crippen LogP contribution in [-0.4, -0.2) is 25.6 Å². The zero-order chi connectivity index (χ0) is 13.9. The molecule has 5 heteroatoms. The number of anilines is 1. The van der Waals surface area contributed by atoms with Crippen molar-refractivity contribution in [3.63, 3.8) is 0 Å². The molecule has 0 radical (unpaired) electrons. The SMILES string of the molecule is CCC(Nc1cc(C)nc2ncnn12)C1CCCCC1. The van der Waals surface area contributed by atoms with Gasteiger partial charge in [0, 0.05) is 17.8 Å². The fourth-order valence-corrected chi connectivity index (χ4v) is 3.31. The van der Waals surface area contributed by atoms with Crippen molar-refractivity contribution in [2.45, 2.75) is 58.4 Å². The van der Waals surface area contributed by atoms with Gasteiger partial charge in [-0.3, -0.25) is 0 Å². The number of aryl methyl sites for hydroxylation is 1. The van der Waals surface area contributed by atoms with Gasteiger partial charge in [0.2, 0.25) is 0 Å². The molecule has 0 amide bonds. The summed E-state index contributed by atoms with van der Waals surface area (Å²) in [6.45, 7) is 4.26. The Balaban J connectivity index is 1.84. The molecule has 2 aromatic heterocycles. The Bertz CT molecular complexity index is 571. The Morgan fingerprint density at radius 3 is 2.90 bits per heavy atom. The second-order valence-electron chi connectivity index (χ2n) is 5.81. The summed E-state index contributed by atoms with van der Waals surface area (Å²) in [7, 11) is 0. The van der Waals surface area contributed by atoms with Crippen LogP contribution in [0.1, 0.15) is 51.1 Å². The first-order chi connectivity index (χ1) is 9.78. The molecule has 1 atom stereocenters. The summed E-state index contributed by atoms with van der Waals surface area (Å²) in [5.41, 5.74) is 0.978. The van der Waals surface area contributed by atoms with Crippen LogP contribution < -0.4 is 5.32 Å². The average molecular weight is 273 g/mol. The largest absolute Gasteiger partial charge is 0.367 e. The maximum Gasteiger partial charge on any atom is 0.254 e. The second-order valence-corrected chi connectivity index (χ2v) is 5.81. The minimum absolute atomic E-state index is 0.518. The van der Waals surface area contributed by atoms with Crippen molar-refractivity contribution >= 4 is 11.6 Å². The van der Waals surface area contributed by atoms with Crippen LogP contribution in [-0.2, 0) is 0 Å². The van der Waals surface area contributed by atoms with E-state index in [4.69, 9.17) is 0 Å². The minimum atomic E-state index is 0.518. The van der Waals surface area contributed by atoms with E-state index in [1.54, 1.807) is 10.8 Å². The van der Waals surface area contributed by atoms with E-state index in [9.17, 15) is 0 Å². The average Bonchev–Trinajstić information content (AvgIpc) is 2.93. The molecule has 1 fully saturated rings. The summed E-state index contributed by atoms with van der Waals surface area (Å²) < 4.78 is 1.80. The molecular weight excluding hydrogens is 250 g/mol. The van der Waals surface area contributed by atoms with Crippen LogP contribution in [0, 0.1) is 12.8 Å². The van der Waals surface area contributed by atoms with Crippen molar-refractivity contribution in [1.82, 2.24) is 19.6 Å². The van der Waals surface area contributed by atoms with Crippen LogP contribution in [0.3, 0.4) is 0 Å². The van der Waals surface area contributed by atoms with Crippen molar-refractivity contribution in [1.29, 1.82) is 0 Å². The first kappa shape index (κ1) is 13.3. The molecule has 1 N–H and O–H groups in total. The number of nitrogens with zero attached hydrogens (tertiary/aromatic N) is 4. The van der Waals surface area contributed by atoms with Crippen molar-refractivity contribution < 1.29 is 0 Å². The van der Waals surface area contributed by atoms with Crippen molar-refractivity contribution in [3.8, 4) is 0 Å². The Morgan fingerprint density at radius 2 is 2.15 bits per heavy atom. The van der Waals surface area contributed by atoms with Gasteiger partial charge in [0.1, 0.15) is 12.1 Å². The number of nitrogens with one attached hydrogen (secondary N) is 1. The molecule has 0 bridgehead atoms. The lowest BCUT2D eigenvalue weighted by molar-refractivity contribution is 0.312. The number of hydrogen-bond donors (Lipinski definition) is 1. The maximum atomic E-state index is 4.39. The summed E-state index contributed by atoms with van der Waals surface area (Å²) >= 11 is 0. The Labute approximate surface area is 119 Å². The molecule has 1 aliphatic rings. The Kier molecular flexibility index (Phi) is 3.85. The van der Waals surface area contributed by atoms with Gasteiger partial charge in [-0.05, 0) is 32.1 Å². The lowest BCUT2D eigenvalue weighted by Gasteiger charge is -2.31. The van der Waals surface area contributed by atoms with Gasteiger partial charge in [-0.25, -0.2) is 4.98 Å². The van der Waals surface area contributed by atoms with E-state index < -0.39 is 0 Å². The van der Waals surface area contributed by atoms with Gasteiger partial charge in [0.05, 0.1) is 0 Å². The number of fused-ring (bicyclic) bond motifs is 1. The molecule has 3 rings (SSSR count). The highest BCUT2D eigenvalue weighted by Crippen LogP contribution is 2.29. The molecule has 0 aliphatic heterocycles. The van der Waals surface area contributed by atoms with Gasteiger partial charge in [-0.15, -0.1) is 0 Å². The summed E-state index contributed by atoms with van der Waals surface area (Å²) in [5.74, 6) is 2.47. The maximum absolute atomic E-state index is 4.39. The zero-order valence-electron chi connectivity index (χ0n) is 12.3. The second kappa shape index (κ2) is 5.77. The zero-order valence-corrected chi connectivity index (χ0v) is 12.3. The third kappa shape index (κ3) is 2.62. The van der Waals surface area contributed by atoms with Crippen LogP contribution in [0.4, 0.5) is 5.82 Å². The molecule has 0 aromatic carbocycles. The first-order valence-corrected chi connectivity index (χ1v) is 7.72.